The number of sulfonamides is 1. The van der Waals surface area contributed by atoms with Gasteiger partial charge in [-0.15, -0.1) is 11.3 Å². The molecule has 1 heterocycles. The van der Waals surface area contributed by atoms with Gasteiger partial charge >= 0.3 is 0 Å². The van der Waals surface area contributed by atoms with Crippen molar-refractivity contribution in [3.05, 3.63) is 76.6 Å². The van der Waals surface area contributed by atoms with E-state index in [1.165, 1.54) is 0 Å². The van der Waals surface area contributed by atoms with Gasteiger partial charge in [0.2, 0.25) is 10.0 Å². The minimum absolute atomic E-state index is 0.877. The van der Waals surface area contributed by atoms with Crippen LogP contribution in [0.1, 0.15) is 10.4 Å². The Balaban J connectivity index is 2.14. The highest BCUT2D eigenvalue weighted by molar-refractivity contribution is 7.88. The van der Waals surface area contributed by atoms with E-state index in [-0.39, 0.29) is 0 Å². The summed E-state index contributed by atoms with van der Waals surface area (Å²) in [6.45, 7) is 0. The van der Waals surface area contributed by atoms with Gasteiger partial charge in [-0.25, -0.2) is 8.42 Å². The van der Waals surface area contributed by atoms with Crippen LogP contribution in [0.2, 0.25) is 0 Å². The van der Waals surface area contributed by atoms with E-state index in [1.54, 1.807) is 17.5 Å². The van der Waals surface area contributed by atoms with Crippen LogP contribution >= 0.6 is 11.3 Å². The zero-order valence-corrected chi connectivity index (χ0v) is 13.6. The Morgan fingerprint density at radius 3 is 2.59 bits per heavy atom. The fraction of sp³-hybridized carbons (Fsp3) is 0.0588. The molecule has 5 heteroatoms. The molecule has 3 nitrogen and oxygen atoms in total. The maximum atomic E-state index is 11.4. The Labute approximate surface area is 134 Å². The average Bonchev–Trinajstić information content (AvgIpc) is 3.05. The number of hydrogen-bond donors (Lipinski definition) is 1. The van der Waals surface area contributed by atoms with Crippen LogP contribution in [-0.4, -0.2) is 14.7 Å². The Bertz CT molecular complexity index is 881. The SMILES string of the molecule is CS(=O)(=O)N/C=C(\c1cccs1)c1ccc2cccccc1-2. The smallest absolute Gasteiger partial charge is 0.229 e. The van der Waals surface area contributed by atoms with Crippen molar-refractivity contribution in [3.8, 4) is 11.1 Å². The molecule has 0 aromatic carbocycles. The lowest BCUT2D eigenvalue weighted by molar-refractivity contribution is 0.596. The Morgan fingerprint density at radius 1 is 1.05 bits per heavy atom. The highest BCUT2D eigenvalue weighted by Gasteiger charge is 2.14. The van der Waals surface area contributed by atoms with Crippen LogP contribution in [0.5, 0.6) is 0 Å². The molecule has 1 aromatic heterocycles. The number of rotatable bonds is 4. The summed E-state index contributed by atoms with van der Waals surface area (Å²) in [5.74, 6) is 0. The zero-order chi connectivity index (χ0) is 15.6. The van der Waals surface area contributed by atoms with E-state index in [1.807, 2.05) is 53.9 Å². The third-order valence-electron chi connectivity index (χ3n) is 3.29. The largest absolute Gasteiger partial charge is 0.290 e. The van der Waals surface area contributed by atoms with E-state index in [0.29, 0.717) is 0 Å². The lowest BCUT2D eigenvalue weighted by Crippen LogP contribution is -2.15. The number of hydrogen-bond acceptors (Lipinski definition) is 3. The Morgan fingerprint density at radius 2 is 1.86 bits per heavy atom. The van der Waals surface area contributed by atoms with Gasteiger partial charge in [0.15, 0.2) is 0 Å². The average molecular weight is 329 g/mol. The Hall–Kier alpha value is -2.11. The second-order valence-electron chi connectivity index (χ2n) is 4.95. The molecule has 0 saturated carbocycles. The molecule has 112 valence electrons. The first kappa shape index (κ1) is 14.8. The summed E-state index contributed by atoms with van der Waals surface area (Å²) >= 11 is 1.58. The van der Waals surface area contributed by atoms with Crippen molar-refractivity contribution in [2.24, 2.45) is 0 Å². The predicted molar refractivity (Wildman–Crippen MR) is 92.4 cm³/mol. The first-order valence-electron chi connectivity index (χ1n) is 6.74. The van der Waals surface area contributed by atoms with Crippen molar-refractivity contribution in [2.75, 3.05) is 6.26 Å². The van der Waals surface area contributed by atoms with Crippen LogP contribution in [-0.2, 0) is 10.0 Å². The Kier molecular flexibility index (Phi) is 4.00. The van der Waals surface area contributed by atoms with E-state index in [2.05, 4.69) is 10.8 Å². The fourth-order valence-electron chi connectivity index (χ4n) is 2.33. The molecular weight excluding hydrogens is 314 g/mol. The van der Waals surface area contributed by atoms with E-state index in [0.717, 1.165) is 33.4 Å². The van der Waals surface area contributed by atoms with Gasteiger partial charge in [-0.2, -0.15) is 0 Å². The molecule has 0 bridgehead atoms. The second-order valence-corrected chi connectivity index (χ2v) is 7.68. The second kappa shape index (κ2) is 5.94. The molecule has 0 spiro atoms. The topological polar surface area (TPSA) is 46.2 Å². The lowest BCUT2D eigenvalue weighted by atomic mass is 10.0. The molecule has 2 aliphatic rings. The number of fused-ring (bicyclic) bond motifs is 1. The maximum Gasteiger partial charge on any atom is 0.229 e. The molecule has 0 saturated heterocycles. The number of nitrogens with one attached hydrogen (secondary N) is 1. The summed E-state index contributed by atoms with van der Waals surface area (Å²) in [6, 6.07) is 18.1. The third-order valence-corrected chi connectivity index (χ3v) is 4.73. The van der Waals surface area contributed by atoms with Crippen molar-refractivity contribution in [1.29, 1.82) is 0 Å². The molecular formula is C17H15NO2S2. The van der Waals surface area contributed by atoms with Crippen LogP contribution in [0.25, 0.3) is 16.7 Å². The van der Waals surface area contributed by atoms with Gasteiger partial charge < -0.3 is 0 Å². The summed E-state index contributed by atoms with van der Waals surface area (Å²) in [5.41, 5.74) is 4.12. The predicted octanol–water partition coefficient (Wildman–Crippen LogP) is 3.79. The summed E-state index contributed by atoms with van der Waals surface area (Å²) in [6.07, 6.45) is 2.72. The van der Waals surface area contributed by atoms with Crippen LogP contribution in [0.4, 0.5) is 0 Å². The van der Waals surface area contributed by atoms with Crippen molar-refractivity contribution < 1.29 is 8.42 Å². The third kappa shape index (κ3) is 3.21. The van der Waals surface area contributed by atoms with Crippen molar-refractivity contribution >= 4 is 26.9 Å². The van der Waals surface area contributed by atoms with E-state index < -0.39 is 10.0 Å². The first-order valence-corrected chi connectivity index (χ1v) is 9.51. The van der Waals surface area contributed by atoms with Crippen LogP contribution in [0.15, 0.2) is 66.2 Å². The molecule has 1 aromatic rings. The van der Waals surface area contributed by atoms with Gasteiger partial charge in [-0.05, 0) is 28.1 Å². The first-order chi connectivity index (χ1) is 10.5. The molecule has 0 unspecified atom stereocenters. The van der Waals surface area contributed by atoms with Gasteiger partial charge in [0.25, 0.3) is 0 Å². The van der Waals surface area contributed by atoms with Gasteiger partial charge in [0.1, 0.15) is 0 Å². The summed E-state index contributed by atoms with van der Waals surface area (Å²) in [5, 5.41) is 1.98. The molecule has 0 amide bonds. The van der Waals surface area contributed by atoms with Gasteiger partial charge in [-0.3, -0.25) is 4.72 Å². The number of thiophene rings is 1. The van der Waals surface area contributed by atoms with Gasteiger partial charge in [-0.1, -0.05) is 48.5 Å². The maximum absolute atomic E-state index is 11.4. The van der Waals surface area contributed by atoms with E-state index >= 15 is 0 Å². The molecule has 0 atom stereocenters. The summed E-state index contributed by atoms with van der Waals surface area (Å²) in [7, 11) is -3.29. The van der Waals surface area contributed by atoms with Crippen molar-refractivity contribution in [1.82, 2.24) is 4.72 Å². The monoisotopic (exact) mass is 329 g/mol. The molecule has 0 radical (unpaired) electrons. The van der Waals surface area contributed by atoms with E-state index in [9.17, 15) is 8.42 Å². The van der Waals surface area contributed by atoms with Gasteiger partial charge in [0.05, 0.1) is 6.26 Å². The zero-order valence-electron chi connectivity index (χ0n) is 12.0. The minimum atomic E-state index is -3.29. The van der Waals surface area contributed by atoms with Crippen molar-refractivity contribution in [3.63, 3.8) is 0 Å². The molecule has 3 rings (SSSR count). The minimum Gasteiger partial charge on any atom is -0.290 e. The van der Waals surface area contributed by atoms with Crippen LogP contribution in [0.3, 0.4) is 0 Å². The van der Waals surface area contributed by atoms with Crippen molar-refractivity contribution in [2.45, 2.75) is 0 Å². The molecule has 1 N–H and O–H groups in total. The molecule has 2 aliphatic carbocycles. The highest BCUT2D eigenvalue weighted by Crippen LogP contribution is 2.36. The van der Waals surface area contributed by atoms with Crippen LogP contribution in [0, 0.1) is 0 Å². The molecule has 0 aliphatic heterocycles. The van der Waals surface area contributed by atoms with E-state index in [4.69, 9.17) is 0 Å². The summed E-state index contributed by atoms with van der Waals surface area (Å²) in [4.78, 5) is 1.02. The lowest BCUT2D eigenvalue weighted by Gasteiger charge is -2.07. The van der Waals surface area contributed by atoms with Crippen LogP contribution < -0.4 is 4.72 Å². The van der Waals surface area contributed by atoms with Gasteiger partial charge in [0, 0.05) is 16.7 Å². The quantitative estimate of drug-likeness (QED) is 0.791. The summed E-state index contributed by atoms with van der Waals surface area (Å²) < 4.78 is 25.4. The standard InChI is InChI=1S/C17H15NO2S2/c1-22(19,20)18-12-16(17-8-5-11-21-17)15-10-9-13-6-3-2-4-7-14(13)15/h2-12,18H,1H3/b16-12-. The highest BCUT2D eigenvalue weighted by atomic mass is 32.2. The molecule has 22 heavy (non-hydrogen) atoms. The molecule has 0 fully saturated rings. The normalized spacial score (nSPS) is 12.5. The fourth-order valence-corrected chi connectivity index (χ4v) is 3.42.